The molecule has 0 amide bonds. The Morgan fingerprint density at radius 1 is 1.15 bits per heavy atom. The van der Waals surface area contributed by atoms with Gasteiger partial charge in [0.25, 0.3) is 0 Å². The van der Waals surface area contributed by atoms with Gasteiger partial charge in [-0.05, 0) is 39.8 Å². The second-order valence-corrected chi connectivity index (χ2v) is 9.89. The Bertz CT molecular complexity index is 1120. The van der Waals surface area contributed by atoms with Gasteiger partial charge in [0.1, 0.15) is 30.0 Å². The summed E-state index contributed by atoms with van der Waals surface area (Å²) < 4.78 is 32.2. The quantitative estimate of drug-likeness (QED) is 0.313. The van der Waals surface area contributed by atoms with Gasteiger partial charge in [-0.2, -0.15) is 0 Å². The Kier molecular flexibility index (Phi) is 8.01. The fourth-order valence-electron chi connectivity index (χ4n) is 3.01. The minimum Gasteiger partial charge on any atom is -0.462 e. The number of imidazole rings is 1. The summed E-state index contributed by atoms with van der Waals surface area (Å²) in [5.41, 5.74) is 6.91. The number of hydrogen-bond acceptors (Lipinski definition) is 9. The van der Waals surface area contributed by atoms with E-state index in [4.69, 9.17) is 19.7 Å². The van der Waals surface area contributed by atoms with Crippen LogP contribution in [-0.2, 0) is 25.4 Å². The number of carbonyl (C=O) groups excluding carboxylic acids is 1. The molecule has 0 aliphatic carbocycles. The molecule has 0 aliphatic rings. The first kappa shape index (κ1) is 24.6. The number of ether oxygens (including phenoxy) is 2. The van der Waals surface area contributed by atoms with Gasteiger partial charge >= 0.3 is 13.5 Å². The normalized spacial score (nSPS) is 15.2. The highest BCUT2D eigenvalue weighted by atomic mass is 31.2. The zero-order chi connectivity index (χ0) is 24.0. The molecule has 0 saturated heterocycles. The Labute approximate surface area is 192 Å². The van der Waals surface area contributed by atoms with Crippen molar-refractivity contribution in [2.24, 2.45) is 0 Å². The van der Waals surface area contributed by atoms with Crippen LogP contribution in [0.4, 0.5) is 5.82 Å². The van der Waals surface area contributed by atoms with Crippen molar-refractivity contribution in [3.63, 3.8) is 0 Å². The third-order valence-corrected chi connectivity index (χ3v) is 6.28. The molecule has 3 unspecified atom stereocenters. The van der Waals surface area contributed by atoms with E-state index in [1.54, 1.807) is 55.9 Å². The van der Waals surface area contributed by atoms with E-state index in [1.807, 2.05) is 13.0 Å². The summed E-state index contributed by atoms with van der Waals surface area (Å²) in [6.45, 7) is 7.25. The van der Waals surface area contributed by atoms with Gasteiger partial charge in [-0.25, -0.2) is 20.0 Å². The molecule has 3 rings (SSSR count). The Hall–Kier alpha value is -3.01. The van der Waals surface area contributed by atoms with Gasteiger partial charge in [0.2, 0.25) is 0 Å². The topological polar surface area (TPSA) is 143 Å². The number of rotatable bonds is 11. The summed E-state index contributed by atoms with van der Waals surface area (Å²) in [5.74, 6) is 0.151. The second-order valence-electron chi connectivity index (χ2n) is 7.85. The summed E-state index contributed by atoms with van der Waals surface area (Å²) >= 11 is 0. The number of fused-ring (bicyclic) bond motifs is 1. The molecule has 0 bridgehead atoms. The van der Waals surface area contributed by atoms with Crippen LogP contribution in [0, 0.1) is 0 Å². The summed E-state index contributed by atoms with van der Waals surface area (Å²) in [6, 6.07) is 7.83. The lowest BCUT2D eigenvalue weighted by atomic mass is 10.3. The standard InChI is InChI=1S/C21H29N6O5P/c1-14(2)31-21(28)16(4)26-33(29,32-17-8-6-5-7-9-17)13-30-15(3)10-27-12-25-18-19(22)23-11-24-20(18)27/h5-9,11-12,14-16H,10,13H2,1-4H3,(H,26,29)(H2,22,23,24). The van der Waals surface area contributed by atoms with E-state index in [9.17, 15) is 9.36 Å². The lowest BCUT2D eigenvalue weighted by Crippen LogP contribution is -2.37. The summed E-state index contributed by atoms with van der Waals surface area (Å²) in [4.78, 5) is 24.6. The van der Waals surface area contributed by atoms with Crippen LogP contribution >= 0.6 is 7.52 Å². The van der Waals surface area contributed by atoms with E-state index in [2.05, 4.69) is 20.0 Å². The van der Waals surface area contributed by atoms with Crippen molar-refractivity contribution in [3.05, 3.63) is 43.0 Å². The van der Waals surface area contributed by atoms with Crippen LogP contribution in [0.3, 0.4) is 0 Å². The number of hydrogen-bond donors (Lipinski definition) is 2. The minimum atomic E-state index is -3.64. The van der Waals surface area contributed by atoms with E-state index >= 15 is 0 Å². The van der Waals surface area contributed by atoms with Gasteiger partial charge in [-0.1, -0.05) is 18.2 Å². The molecule has 0 radical (unpaired) electrons. The Balaban J connectivity index is 1.70. The molecule has 3 N–H and O–H groups in total. The molecule has 0 spiro atoms. The first-order valence-electron chi connectivity index (χ1n) is 10.5. The summed E-state index contributed by atoms with van der Waals surface area (Å²) in [5, 5.41) is 2.78. The van der Waals surface area contributed by atoms with E-state index in [1.165, 1.54) is 6.33 Å². The van der Waals surface area contributed by atoms with Crippen molar-refractivity contribution >= 4 is 30.5 Å². The lowest BCUT2D eigenvalue weighted by Gasteiger charge is -2.25. The van der Waals surface area contributed by atoms with Crippen LogP contribution in [0.2, 0.25) is 0 Å². The zero-order valence-electron chi connectivity index (χ0n) is 19.0. The molecule has 3 atom stereocenters. The van der Waals surface area contributed by atoms with Crippen LogP contribution < -0.4 is 15.3 Å². The van der Waals surface area contributed by atoms with Gasteiger partial charge in [0, 0.05) is 0 Å². The molecule has 0 saturated carbocycles. The number of nitrogen functional groups attached to an aromatic ring is 1. The molecule has 0 aliphatic heterocycles. The van der Waals surface area contributed by atoms with Crippen molar-refractivity contribution in [1.29, 1.82) is 0 Å². The average Bonchev–Trinajstić information content (AvgIpc) is 3.16. The molecule has 3 aromatic rings. The highest BCUT2D eigenvalue weighted by Gasteiger charge is 2.32. The molecule has 1 aromatic carbocycles. The van der Waals surface area contributed by atoms with Gasteiger partial charge in [0.05, 0.1) is 25.1 Å². The lowest BCUT2D eigenvalue weighted by molar-refractivity contribution is -0.149. The first-order chi connectivity index (χ1) is 15.7. The van der Waals surface area contributed by atoms with Gasteiger partial charge in [-0.15, -0.1) is 0 Å². The predicted octanol–water partition coefficient (Wildman–Crippen LogP) is 2.97. The first-order valence-corrected chi connectivity index (χ1v) is 12.3. The second kappa shape index (κ2) is 10.7. The molecule has 178 valence electrons. The smallest absolute Gasteiger partial charge is 0.342 e. The molecule has 33 heavy (non-hydrogen) atoms. The minimum absolute atomic E-state index is 0.272. The summed E-state index contributed by atoms with van der Waals surface area (Å²) in [7, 11) is -3.64. The van der Waals surface area contributed by atoms with Crippen molar-refractivity contribution < 1.29 is 23.4 Å². The third kappa shape index (κ3) is 6.74. The molecule has 11 nitrogen and oxygen atoms in total. The Morgan fingerprint density at radius 3 is 2.58 bits per heavy atom. The number of esters is 1. The molecule has 12 heteroatoms. The molecular formula is C21H29N6O5P. The maximum absolute atomic E-state index is 13.6. The average molecular weight is 476 g/mol. The number of aromatic nitrogens is 4. The van der Waals surface area contributed by atoms with Crippen LogP contribution in [0.15, 0.2) is 43.0 Å². The monoisotopic (exact) mass is 476 g/mol. The molecule has 0 fully saturated rings. The zero-order valence-corrected chi connectivity index (χ0v) is 19.9. The number of nitrogens with one attached hydrogen (secondary N) is 1. The van der Waals surface area contributed by atoms with Crippen molar-refractivity contribution in [2.45, 2.75) is 52.5 Å². The maximum atomic E-state index is 13.6. The molecular weight excluding hydrogens is 447 g/mol. The molecule has 2 heterocycles. The fraction of sp³-hybridized carbons (Fsp3) is 0.429. The number of carbonyl (C=O) groups is 1. The highest BCUT2D eigenvalue weighted by Crippen LogP contribution is 2.44. The van der Waals surface area contributed by atoms with Crippen molar-refractivity contribution in [1.82, 2.24) is 24.6 Å². The largest absolute Gasteiger partial charge is 0.462 e. The number of anilines is 1. The van der Waals surface area contributed by atoms with Crippen molar-refractivity contribution in [3.8, 4) is 5.75 Å². The number of benzene rings is 1. The van der Waals surface area contributed by atoms with Gasteiger partial charge in [0.15, 0.2) is 11.5 Å². The molecule has 2 aromatic heterocycles. The van der Waals surface area contributed by atoms with Gasteiger partial charge in [-0.3, -0.25) is 9.36 Å². The van der Waals surface area contributed by atoms with E-state index in [-0.39, 0.29) is 18.6 Å². The predicted molar refractivity (Wildman–Crippen MR) is 124 cm³/mol. The van der Waals surface area contributed by atoms with Gasteiger partial charge < -0.3 is 24.3 Å². The SMILES string of the molecule is CC(C)OC(=O)C(C)NP(=O)(COC(C)Cn1cnc2c(N)ncnc21)Oc1ccccc1. The highest BCUT2D eigenvalue weighted by molar-refractivity contribution is 7.57. The number of nitrogens with two attached hydrogens (primary N) is 1. The maximum Gasteiger partial charge on any atom is 0.342 e. The van der Waals surface area contributed by atoms with E-state index in [0.29, 0.717) is 29.3 Å². The number of para-hydroxylation sites is 1. The Morgan fingerprint density at radius 2 is 1.88 bits per heavy atom. The van der Waals surface area contributed by atoms with E-state index in [0.717, 1.165) is 0 Å². The third-order valence-electron chi connectivity index (χ3n) is 4.50. The fourth-order valence-corrected chi connectivity index (χ4v) is 4.80. The van der Waals surface area contributed by atoms with E-state index < -0.39 is 19.5 Å². The van der Waals surface area contributed by atoms with Crippen LogP contribution in [0.5, 0.6) is 5.75 Å². The summed E-state index contributed by atoms with van der Waals surface area (Å²) in [6.07, 6.45) is 2.01. The van der Waals surface area contributed by atoms with Crippen LogP contribution in [-0.4, -0.2) is 50.1 Å². The van der Waals surface area contributed by atoms with Crippen LogP contribution in [0.1, 0.15) is 27.7 Å². The van der Waals surface area contributed by atoms with Crippen LogP contribution in [0.25, 0.3) is 11.2 Å². The van der Waals surface area contributed by atoms with Crippen molar-refractivity contribution in [2.75, 3.05) is 12.1 Å². The number of nitrogens with zero attached hydrogens (tertiary/aromatic N) is 4.